The first-order valence-electron chi connectivity index (χ1n) is 8.36. The first kappa shape index (κ1) is 16.0. The number of H-pyrrole nitrogens is 1. The molecule has 124 valence electrons. The van der Waals surface area contributed by atoms with Gasteiger partial charge in [-0.25, -0.2) is 0 Å². The number of amides is 1. The highest BCUT2D eigenvalue weighted by molar-refractivity contribution is 5.81. The van der Waals surface area contributed by atoms with Crippen LogP contribution in [0.25, 0.3) is 10.9 Å². The average molecular weight is 315 g/mol. The second kappa shape index (κ2) is 7.15. The van der Waals surface area contributed by atoms with Crippen LogP contribution < -0.4 is 0 Å². The number of rotatable bonds is 5. The van der Waals surface area contributed by atoms with Gasteiger partial charge in [0.2, 0.25) is 5.91 Å². The van der Waals surface area contributed by atoms with Crippen molar-refractivity contribution in [1.82, 2.24) is 14.9 Å². The molecule has 5 nitrogen and oxygen atoms in total. The Morgan fingerprint density at radius 2 is 2.22 bits per heavy atom. The zero-order chi connectivity index (χ0) is 16.2. The lowest BCUT2D eigenvalue weighted by atomic mass is 10.2. The van der Waals surface area contributed by atoms with Crippen LogP contribution in [0.1, 0.15) is 37.9 Å². The minimum atomic E-state index is 0.0252. The first-order valence-corrected chi connectivity index (χ1v) is 8.36. The summed E-state index contributed by atoms with van der Waals surface area (Å²) in [6.45, 7) is 4.42. The van der Waals surface area contributed by atoms with E-state index in [1.165, 1.54) is 5.39 Å². The van der Waals surface area contributed by atoms with Crippen LogP contribution in [-0.4, -0.2) is 47.6 Å². The number of hydroxylamine groups is 2. The molecule has 1 amide bonds. The largest absolute Gasteiger partial charge is 0.357 e. The van der Waals surface area contributed by atoms with Gasteiger partial charge in [0.25, 0.3) is 0 Å². The standard InChI is InChI=1S/C18H25N3O2/c1-14(17-13-15-7-3-4-8-16(15)19-17)20(2)18(22)9-11-21-10-5-6-12-23-21/h3-4,7-8,13-14,19H,5-6,9-12H2,1-2H3. The van der Waals surface area contributed by atoms with Crippen molar-refractivity contribution < 1.29 is 9.63 Å². The van der Waals surface area contributed by atoms with Crippen LogP contribution in [0, 0.1) is 0 Å². The highest BCUT2D eigenvalue weighted by atomic mass is 16.7. The van der Waals surface area contributed by atoms with Gasteiger partial charge >= 0.3 is 0 Å². The van der Waals surface area contributed by atoms with Crippen LogP contribution in [0.2, 0.25) is 0 Å². The molecule has 1 aliphatic rings. The number of aromatic amines is 1. The fourth-order valence-electron chi connectivity index (χ4n) is 2.97. The summed E-state index contributed by atoms with van der Waals surface area (Å²) in [6.07, 6.45) is 2.75. The number of fused-ring (bicyclic) bond motifs is 1. The number of para-hydroxylation sites is 1. The summed E-state index contributed by atoms with van der Waals surface area (Å²) in [5, 5.41) is 3.10. The van der Waals surface area contributed by atoms with Gasteiger partial charge < -0.3 is 9.88 Å². The molecule has 0 radical (unpaired) electrons. The van der Waals surface area contributed by atoms with Crippen molar-refractivity contribution in [3.05, 3.63) is 36.0 Å². The Bertz CT molecular complexity index is 628. The van der Waals surface area contributed by atoms with E-state index in [4.69, 9.17) is 4.84 Å². The molecule has 0 aliphatic carbocycles. The molecule has 0 spiro atoms. The topological polar surface area (TPSA) is 48.6 Å². The molecule has 1 fully saturated rings. The third-order valence-corrected chi connectivity index (χ3v) is 4.63. The SMILES string of the molecule is CC(c1cc2ccccc2[nH]1)N(C)C(=O)CCN1CCCCO1. The Hall–Kier alpha value is -1.85. The van der Waals surface area contributed by atoms with Crippen LogP contribution in [0.5, 0.6) is 0 Å². The molecule has 5 heteroatoms. The molecular weight excluding hydrogens is 290 g/mol. The lowest BCUT2D eigenvalue weighted by Crippen LogP contribution is -2.36. The molecule has 1 saturated heterocycles. The minimum Gasteiger partial charge on any atom is -0.357 e. The Morgan fingerprint density at radius 3 is 2.96 bits per heavy atom. The zero-order valence-electron chi connectivity index (χ0n) is 13.9. The monoisotopic (exact) mass is 315 g/mol. The second-order valence-corrected chi connectivity index (χ2v) is 6.21. The molecule has 1 N–H and O–H groups in total. The maximum Gasteiger partial charge on any atom is 0.224 e. The quantitative estimate of drug-likeness (QED) is 0.922. The molecule has 1 aromatic heterocycles. The van der Waals surface area contributed by atoms with Gasteiger partial charge in [-0.15, -0.1) is 0 Å². The van der Waals surface area contributed by atoms with E-state index >= 15 is 0 Å². The molecule has 1 aliphatic heterocycles. The van der Waals surface area contributed by atoms with Gasteiger partial charge in [0.1, 0.15) is 0 Å². The highest BCUT2D eigenvalue weighted by Gasteiger charge is 2.20. The predicted molar refractivity (Wildman–Crippen MR) is 90.9 cm³/mol. The lowest BCUT2D eigenvalue weighted by molar-refractivity contribution is -0.182. The van der Waals surface area contributed by atoms with E-state index in [2.05, 4.69) is 30.1 Å². The van der Waals surface area contributed by atoms with Crippen molar-refractivity contribution in [3.8, 4) is 0 Å². The van der Waals surface area contributed by atoms with Crippen molar-refractivity contribution in [2.75, 3.05) is 26.7 Å². The van der Waals surface area contributed by atoms with Crippen LogP contribution in [0.15, 0.2) is 30.3 Å². The fourth-order valence-corrected chi connectivity index (χ4v) is 2.97. The molecule has 1 aromatic carbocycles. The van der Waals surface area contributed by atoms with Gasteiger partial charge in [-0.3, -0.25) is 9.63 Å². The number of benzene rings is 1. The smallest absolute Gasteiger partial charge is 0.224 e. The van der Waals surface area contributed by atoms with Gasteiger partial charge in [-0.1, -0.05) is 18.2 Å². The van der Waals surface area contributed by atoms with Crippen molar-refractivity contribution in [2.24, 2.45) is 0 Å². The van der Waals surface area contributed by atoms with E-state index in [-0.39, 0.29) is 11.9 Å². The number of nitrogens with zero attached hydrogens (tertiary/aromatic N) is 2. The first-order chi connectivity index (χ1) is 11.1. The number of hydrogen-bond acceptors (Lipinski definition) is 3. The molecule has 23 heavy (non-hydrogen) atoms. The molecule has 0 bridgehead atoms. The minimum absolute atomic E-state index is 0.0252. The lowest BCUT2D eigenvalue weighted by Gasteiger charge is -2.28. The summed E-state index contributed by atoms with van der Waals surface area (Å²) in [6, 6.07) is 10.3. The van der Waals surface area contributed by atoms with Crippen molar-refractivity contribution in [1.29, 1.82) is 0 Å². The predicted octanol–water partition coefficient (Wildman–Crippen LogP) is 3.10. The van der Waals surface area contributed by atoms with Crippen LogP contribution in [-0.2, 0) is 9.63 Å². The summed E-state index contributed by atoms with van der Waals surface area (Å²) in [5.74, 6) is 0.144. The molecular formula is C18H25N3O2. The summed E-state index contributed by atoms with van der Waals surface area (Å²) in [7, 11) is 1.87. The summed E-state index contributed by atoms with van der Waals surface area (Å²) in [5.41, 5.74) is 2.17. The van der Waals surface area contributed by atoms with Crippen molar-refractivity contribution in [3.63, 3.8) is 0 Å². The molecule has 1 atom stereocenters. The second-order valence-electron chi connectivity index (χ2n) is 6.21. The highest BCUT2D eigenvalue weighted by Crippen LogP contribution is 2.23. The van der Waals surface area contributed by atoms with E-state index in [0.717, 1.165) is 37.2 Å². The number of aromatic nitrogens is 1. The Labute approximate surface area is 137 Å². The zero-order valence-corrected chi connectivity index (χ0v) is 13.9. The Morgan fingerprint density at radius 1 is 1.39 bits per heavy atom. The molecule has 1 unspecified atom stereocenters. The van der Waals surface area contributed by atoms with E-state index in [9.17, 15) is 4.79 Å². The van der Waals surface area contributed by atoms with Crippen LogP contribution >= 0.6 is 0 Å². The molecule has 3 rings (SSSR count). The fraction of sp³-hybridized carbons (Fsp3) is 0.500. The summed E-state index contributed by atoms with van der Waals surface area (Å²) >= 11 is 0. The summed E-state index contributed by atoms with van der Waals surface area (Å²) in [4.78, 5) is 23.2. The maximum atomic E-state index is 12.4. The van der Waals surface area contributed by atoms with Gasteiger partial charge in [0.15, 0.2) is 0 Å². The van der Waals surface area contributed by atoms with E-state index in [0.29, 0.717) is 13.0 Å². The maximum absolute atomic E-state index is 12.4. The van der Waals surface area contributed by atoms with Crippen molar-refractivity contribution in [2.45, 2.75) is 32.2 Å². The number of hydrogen-bond donors (Lipinski definition) is 1. The van der Waals surface area contributed by atoms with Gasteiger partial charge in [-0.05, 0) is 37.3 Å². The average Bonchev–Trinajstić information content (AvgIpc) is 3.03. The van der Waals surface area contributed by atoms with E-state index < -0.39 is 0 Å². The Kier molecular flexibility index (Phi) is 4.98. The number of carbonyl (C=O) groups is 1. The van der Waals surface area contributed by atoms with Crippen LogP contribution in [0.3, 0.4) is 0 Å². The summed E-state index contributed by atoms with van der Waals surface area (Å²) < 4.78 is 0. The van der Waals surface area contributed by atoms with Gasteiger partial charge in [0.05, 0.1) is 12.6 Å². The Balaban J connectivity index is 1.59. The molecule has 0 saturated carbocycles. The number of carbonyl (C=O) groups excluding carboxylic acids is 1. The van der Waals surface area contributed by atoms with Gasteiger partial charge in [-0.2, -0.15) is 5.06 Å². The normalized spacial score (nSPS) is 17.3. The van der Waals surface area contributed by atoms with Gasteiger partial charge in [0, 0.05) is 37.8 Å². The third-order valence-electron chi connectivity index (χ3n) is 4.63. The van der Waals surface area contributed by atoms with Crippen LogP contribution in [0.4, 0.5) is 0 Å². The molecule has 2 aromatic rings. The number of nitrogens with one attached hydrogen (secondary N) is 1. The molecule has 2 heterocycles. The van der Waals surface area contributed by atoms with Crippen molar-refractivity contribution >= 4 is 16.8 Å². The van der Waals surface area contributed by atoms with E-state index in [1.54, 1.807) is 0 Å². The third kappa shape index (κ3) is 3.74. The van der Waals surface area contributed by atoms with E-state index in [1.807, 2.05) is 29.1 Å².